The molecule has 1 aliphatic heterocycles. The Labute approximate surface area is 124 Å². The van der Waals surface area contributed by atoms with Crippen molar-refractivity contribution in [1.82, 2.24) is 15.2 Å². The van der Waals surface area contributed by atoms with Crippen molar-refractivity contribution in [3.8, 4) is 0 Å². The average Bonchev–Trinajstić information content (AvgIpc) is 2.57. The molecule has 1 aromatic rings. The summed E-state index contributed by atoms with van der Waals surface area (Å²) < 4.78 is 0. The maximum Gasteiger partial charge on any atom is 0.245 e. The second kappa shape index (κ2) is 5.80. The summed E-state index contributed by atoms with van der Waals surface area (Å²) in [5.74, 6) is 1.39. The quantitative estimate of drug-likeness (QED) is 0.790. The maximum atomic E-state index is 6.07. The van der Waals surface area contributed by atoms with E-state index in [4.69, 9.17) is 23.2 Å². The van der Waals surface area contributed by atoms with Gasteiger partial charge in [-0.25, -0.2) is 0 Å². The molecule has 106 valence electrons. The fourth-order valence-electron chi connectivity index (χ4n) is 2.66. The minimum atomic E-state index is 0.149. The molecule has 0 amide bonds. The molecule has 0 aromatic carbocycles. The second-order valence-corrected chi connectivity index (χ2v) is 6.87. The molecule has 0 aliphatic carbocycles. The molecular weight excluding hydrogens is 283 g/mol. The van der Waals surface area contributed by atoms with Gasteiger partial charge in [0.25, 0.3) is 0 Å². The molecule has 1 unspecified atom stereocenters. The number of anilines is 1. The van der Waals surface area contributed by atoms with E-state index >= 15 is 0 Å². The van der Waals surface area contributed by atoms with Gasteiger partial charge < -0.3 is 4.90 Å². The van der Waals surface area contributed by atoms with Gasteiger partial charge in [-0.1, -0.05) is 32.4 Å². The zero-order valence-corrected chi connectivity index (χ0v) is 13.2. The van der Waals surface area contributed by atoms with Crippen molar-refractivity contribution in [3.05, 3.63) is 10.4 Å². The van der Waals surface area contributed by atoms with E-state index in [1.165, 1.54) is 6.42 Å². The van der Waals surface area contributed by atoms with Crippen molar-refractivity contribution in [1.29, 1.82) is 0 Å². The lowest BCUT2D eigenvalue weighted by molar-refractivity contribution is 0.220. The Balaban J connectivity index is 2.13. The predicted molar refractivity (Wildman–Crippen MR) is 78.9 cm³/mol. The average molecular weight is 303 g/mol. The summed E-state index contributed by atoms with van der Waals surface area (Å²) in [6, 6.07) is 0. The van der Waals surface area contributed by atoms with Gasteiger partial charge in [0.1, 0.15) is 0 Å². The Morgan fingerprint density at radius 1 is 1.11 bits per heavy atom. The first-order valence-corrected chi connectivity index (χ1v) is 7.44. The van der Waals surface area contributed by atoms with E-state index in [-0.39, 0.29) is 5.28 Å². The summed E-state index contributed by atoms with van der Waals surface area (Å²) in [4.78, 5) is 6.39. The molecule has 1 aliphatic rings. The van der Waals surface area contributed by atoms with Crippen LogP contribution < -0.4 is 4.90 Å². The van der Waals surface area contributed by atoms with Gasteiger partial charge in [0.05, 0.1) is 0 Å². The zero-order chi connectivity index (χ0) is 14.0. The number of hydrogen-bond donors (Lipinski definition) is 0. The van der Waals surface area contributed by atoms with Gasteiger partial charge in [-0.15, -0.1) is 10.2 Å². The number of halogens is 2. The van der Waals surface area contributed by atoms with Crippen LogP contribution in [0.5, 0.6) is 0 Å². The normalized spacial score (nSPS) is 21.3. The first-order chi connectivity index (χ1) is 8.88. The Bertz CT molecular complexity index is 445. The smallest absolute Gasteiger partial charge is 0.245 e. The topological polar surface area (TPSA) is 41.9 Å². The minimum Gasteiger partial charge on any atom is -0.354 e. The van der Waals surface area contributed by atoms with E-state index in [0.717, 1.165) is 31.8 Å². The third kappa shape index (κ3) is 3.69. The van der Waals surface area contributed by atoms with Crippen LogP contribution in [0.1, 0.15) is 40.0 Å². The van der Waals surface area contributed by atoms with Crippen LogP contribution in [0.25, 0.3) is 0 Å². The second-order valence-electron chi connectivity index (χ2n) is 6.18. The number of nitrogens with zero attached hydrogens (tertiary/aromatic N) is 4. The summed E-state index contributed by atoms with van der Waals surface area (Å²) in [6.45, 7) is 8.81. The molecule has 0 bridgehead atoms. The molecule has 0 spiro atoms. The summed E-state index contributed by atoms with van der Waals surface area (Å²) in [5, 5.41) is 7.97. The van der Waals surface area contributed by atoms with Gasteiger partial charge >= 0.3 is 0 Å². The van der Waals surface area contributed by atoms with E-state index in [9.17, 15) is 0 Å². The van der Waals surface area contributed by atoms with Gasteiger partial charge in [0.2, 0.25) is 5.28 Å². The Kier molecular flexibility index (Phi) is 4.51. The highest BCUT2D eigenvalue weighted by atomic mass is 35.5. The monoisotopic (exact) mass is 302 g/mol. The highest BCUT2D eigenvalue weighted by Crippen LogP contribution is 2.35. The molecule has 1 atom stereocenters. The van der Waals surface area contributed by atoms with E-state index < -0.39 is 0 Å². The molecule has 1 saturated heterocycles. The Morgan fingerprint density at radius 3 is 2.53 bits per heavy atom. The molecule has 2 rings (SSSR count). The summed E-state index contributed by atoms with van der Waals surface area (Å²) >= 11 is 11.9. The fourth-order valence-corrected chi connectivity index (χ4v) is 2.98. The first-order valence-electron chi connectivity index (χ1n) is 6.68. The van der Waals surface area contributed by atoms with Gasteiger partial charge in [0, 0.05) is 13.1 Å². The number of hydrogen-bond acceptors (Lipinski definition) is 4. The van der Waals surface area contributed by atoms with Gasteiger partial charge in [-0.3, -0.25) is 0 Å². The van der Waals surface area contributed by atoms with E-state index in [0.29, 0.717) is 16.4 Å². The highest BCUT2D eigenvalue weighted by Gasteiger charge is 2.28. The highest BCUT2D eigenvalue weighted by molar-refractivity contribution is 6.32. The lowest BCUT2D eigenvalue weighted by Gasteiger charge is -2.29. The number of rotatable bonds is 1. The van der Waals surface area contributed by atoms with Crippen LogP contribution in [-0.2, 0) is 0 Å². The third-order valence-electron chi connectivity index (χ3n) is 3.86. The van der Waals surface area contributed by atoms with Crippen LogP contribution in [0.2, 0.25) is 10.4 Å². The Morgan fingerprint density at radius 2 is 1.84 bits per heavy atom. The number of aromatic nitrogens is 3. The minimum absolute atomic E-state index is 0.149. The van der Waals surface area contributed by atoms with E-state index in [1.807, 2.05) is 0 Å². The Hall–Kier alpha value is -0.610. The van der Waals surface area contributed by atoms with Gasteiger partial charge in [-0.2, -0.15) is 4.98 Å². The first kappa shape index (κ1) is 14.8. The van der Waals surface area contributed by atoms with Gasteiger partial charge in [0.15, 0.2) is 11.0 Å². The van der Waals surface area contributed by atoms with Crippen molar-refractivity contribution >= 4 is 29.0 Å². The van der Waals surface area contributed by atoms with Crippen molar-refractivity contribution < 1.29 is 0 Å². The molecule has 1 aromatic heterocycles. The van der Waals surface area contributed by atoms with Crippen LogP contribution in [0.15, 0.2) is 0 Å². The standard InChI is InChI=1S/C13H20Cl2N4/c1-13(2,3)9-5-4-7-19(8-6-9)11-10(14)17-18-12(15)16-11/h9H,4-8H2,1-3H3. The molecule has 0 radical (unpaired) electrons. The molecule has 2 heterocycles. The molecule has 6 heteroatoms. The van der Waals surface area contributed by atoms with E-state index in [1.54, 1.807) is 0 Å². The molecule has 0 N–H and O–H groups in total. The van der Waals surface area contributed by atoms with Gasteiger partial charge in [-0.05, 0) is 42.2 Å². The fraction of sp³-hybridized carbons (Fsp3) is 0.769. The zero-order valence-electron chi connectivity index (χ0n) is 11.7. The van der Waals surface area contributed by atoms with Crippen LogP contribution in [0, 0.1) is 11.3 Å². The molecule has 19 heavy (non-hydrogen) atoms. The van der Waals surface area contributed by atoms with Crippen LogP contribution in [-0.4, -0.2) is 28.3 Å². The molecular formula is C13H20Cl2N4. The lowest BCUT2D eigenvalue weighted by Crippen LogP contribution is -2.27. The van der Waals surface area contributed by atoms with Crippen molar-refractivity contribution in [2.24, 2.45) is 11.3 Å². The lowest BCUT2D eigenvalue weighted by atomic mass is 9.77. The van der Waals surface area contributed by atoms with Crippen LogP contribution in [0.3, 0.4) is 0 Å². The summed E-state index contributed by atoms with van der Waals surface area (Å²) in [6.07, 6.45) is 3.52. The molecule has 1 fully saturated rings. The summed E-state index contributed by atoms with van der Waals surface area (Å²) in [7, 11) is 0. The molecule has 0 saturated carbocycles. The third-order valence-corrected chi connectivity index (χ3v) is 4.26. The van der Waals surface area contributed by atoms with Crippen LogP contribution in [0.4, 0.5) is 5.82 Å². The molecule has 4 nitrogen and oxygen atoms in total. The maximum absolute atomic E-state index is 6.07. The largest absolute Gasteiger partial charge is 0.354 e. The van der Waals surface area contributed by atoms with Crippen molar-refractivity contribution in [3.63, 3.8) is 0 Å². The van der Waals surface area contributed by atoms with Crippen molar-refractivity contribution in [2.75, 3.05) is 18.0 Å². The van der Waals surface area contributed by atoms with E-state index in [2.05, 4.69) is 40.9 Å². The van der Waals surface area contributed by atoms with Crippen LogP contribution >= 0.6 is 23.2 Å². The predicted octanol–water partition coefficient (Wildman–Crippen LogP) is 3.83. The SMILES string of the molecule is CC(C)(C)C1CCCN(c2nc(Cl)nnc2Cl)CC1. The summed E-state index contributed by atoms with van der Waals surface area (Å²) in [5.41, 5.74) is 0.349. The van der Waals surface area contributed by atoms with Crippen molar-refractivity contribution in [2.45, 2.75) is 40.0 Å².